The minimum atomic E-state index is 0.749. The number of nitrogens with one attached hydrogen (secondary N) is 1. The molecule has 1 heterocycles. The van der Waals surface area contributed by atoms with Crippen LogP contribution in [0.15, 0.2) is 12.4 Å². The number of anilines is 1. The summed E-state index contributed by atoms with van der Waals surface area (Å²) in [6, 6.07) is 0. The molecular formula is C12H23N3O. The number of unbranched alkanes of at least 4 members (excludes halogenated alkanes) is 1. The Hall–Kier alpha value is -1.03. The van der Waals surface area contributed by atoms with Crippen LogP contribution in [0.25, 0.3) is 0 Å². The van der Waals surface area contributed by atoms with Gasteiger partial charge in [-0.25, -0.2) is 4.98 Å². The monoisotopic (exact) mass is 225 g/mol. The van der Waals surface area contributed by atoms with Crippen molar-refractivity contribution in [3.63, 3.8) is 0 Å². The van der Waals surface area contributed by atoms with Gasteiger partial charge in [0.25, 0.3) is 0 Å². The highest BCUT2D eigenvalue weighted by Gasteiger charge is 1.99. The number of imidazole rings is 1. The zero-order chi connectivity index (χ0) is 11.6. The lowest BCUT2D eigenvalue weighted by molar-refractivity contribution is 0.141. The molecule has 0 saturated carbocycles. The first-order valence-corrected chi connectivity index (χ1v) is 6.21. The Balaban J connectivity index is 2.13. The van der Waals surface area contributed by atoms with E-state index >= 15 is 0 Å². The molecule has 1 rings (SSSR count). The van der Waals surface area contributed by atoms with Crippen molar-refractivity contribution in [2.24, 2.45) is 0 Å². The van der Waals surface area contributed by atoms with Crippen molar-refractivity contribution in [2.75, 3.05) is 25.1 Å². The van der Waals surface area contributed by atoms with Crippen LogP contribution in [0.5, 0.6) is 0 Å². The number of rotatable bonds is 9. The molecule has 0 aliphatic rings. The standard InChI is InChI=1S/C12H23N3O/c1-3-5-10-16-11-7-14-12-13-6-9-15(12)8-4-2/h6,9H,3-5,7-8,10-11H2,1-2H3,(H,13,14). The molecule has 0 fully saturated rings. The second-order valence-corrected chi connectivity index (χ2v) is 3.84. The third kappa shape index (κ3) is 4.66. The Bertz CT molecular complexity index is 273. The first-order chi connectivity index (χ1) is 7.88. The van der Waals surface area contributed by atoms with Crippen LogP contribution >= 0.6 is 0 Å². The third-order valence-electron chi connectivity index (χ3n) is 2.35. The molecule has 0 radical (unpaired) electrons. The maximum absolute atomic E-state index is 5.47. The summed E-state index contributed by atoms with van der Waals surface area (Å²) in [5.41, 5.74) is 0. The lowest BCUT2D eigenvalue weighted by Gasteiger charge is -2.08. The molecule has 0 atom stereocenters. The van der Waals surface area contributed by atoms with Gasteiger partial charge in [-0.05, 0) is 12.8 Å². The summed E-state index contributed by atoms with van der Waals surface area (Å²) in [7, 11) is 0. The number of aromatic nitrogens is 2. The summed E-state index contributed by atoms with van der Waals surface area (Å²) >= 11 is 0. The van der Waals surface area contributed by atoms with E-state index in [2.05, 4.69) is 28.7 Å². The van der Waals surface area contributed by atoms with E-state index in [1.807, 2.05) is 12.4 Å². The SMILES string of the molecule is CCCCOCCNc1nccn1CCC. The van der Waals surface area contributed by atoms with Crippen LogP contribution in [0.4, 0.5) is 5.95 Å². The van der Waals surface area contributed by atoms with Crippen LogP contribution < -0.4 is 5.32 Å². The van der Waals surface area contributed by atoms with E-state index in [0.29, 0.717) is 0 Å². The van der Waals surface area contributed by atoms with Crippen molar-refractivity contribution in [2.45, 2.75) is 39.7 Å². The number of aryl methyl sites for hydroxylation is 1. The predicted octanol–water partition coefficient (Wildman–Crippen LogP) is 2.52. The van der Waals surface area contributed by atoms with Crippen molar-refractivity contribution in [1.29, 1.82) is 0 Å². The van der Waals surface area contributed by atoms with Gasteiger partial charge in [0.15, 0.2) is 0 Å². The molecule has 4 nitrogen and oxygen atoms in total. The van der Waals surface area contributed by atoms with Crippen molar-refractivity contribution in [3.05, 3.63) is 12.4 Å². The molecule has 16 heavy (non-hydrogen) atoms. The second-order valence-electron chi connectivity index (χ2n) is 3.84. The number of hydrogen-bond acceptors (Lipinski definition) is 3. The molecule has 0 amide bonds. The van der Waals surface area contributed by atoms with Crippen molar-refractivity contribution >= 4 is 5.95 Å². The summed E-state index contributed by atoms with van der Waals surface area (Å²) in [6.07, 6.45) is 7.29. The summed E-state index contributed by atoms with van der Waals surface area (Å²) < 4.78 is 7.60. The van der Waals surface area contributed by atoms with E-state index in [4.69, 9.17) is 4.74 Å². The van der Waals surface area contributed by atoms with E-state index in [1.165, 1.54) is 6.42 Å². The van der Waals surface area contributed by atoms with Crippen molar-refractivity contribution in [3.8, 4) is 0 Å². The largest absolute Gasteiger partial charge is 0.380 e. The van der Waals surface area contributed by atoms with Crippen LogP contribution in [0.2, 0.25) is 0 Å². The Morgan fingerprint density at radius 3 is 2.94 bits per heavy atom. The van der Waals surface area contributed by atoms with Crippen molar-refractivity contribution < 1.29 is 4.74 Å². The van der Waals surface area contributed by atoms with Gasteiger partial charge in [0.1, 0.15) is 0 Å². The fraction of sp³-hybridized carbons (Fsp3) is 0.750. The predicted molar refractivity (Wildman–Crippen MR) is 66.7 cm³/mol. The van der Waals surface area contributed by atoms with Crippen LogP contribution in [-0.4, -0.2) is 29.3 Å². The van der Waals surface area contributed by atoms with Crippen molar-refractivity contribution in [1.82, 2.24) is 9.55 Å². The minimum absolute atomic E-state index is 0.749. The third-order valence-corrected chi connectivity index (χ3v) is 2.35. The molecule has 1 aromatic rings. The zero-order valence-electron chi connectivity index (χ0n) is 10.4. The Labute approximate surface area is 98.0 Å². The molecule has 1 N–H and O–H groups in total. The van der Waals surface area contributed by atoms with Gasteiger partial charge < -0.3 is 14.6 Å². The van der Waals surface area contributed by atoms with E-state index in [-0.39, 0.29) is 0 Å². The molecule has 1 aromatic heterocycles. The highest BCUT2D eigenvalue weighted by atomic mass is 16.5. The summed E-state index contributed by atoms with van der Waals surface area (Å²) in [4.78, 5) is 4.27. The van der Waals surface area contributed by atoms with Crippen LogP contribution in [0.3, 0.4) is 0 Å². The van der Waals surface area contributed by atoms with E-state index in [1.54, 1.807) is 0 Å². The molecule has 0 aliphatic carbocycles. The van der Waals surface area contributed by atoms with Gasteiger partial charge in [-0.15, -0.1) is 0 Å². The molecule has 0 spiro atoms. The topological polar surface area (TPSA) is 39.1 Å². The fourth-order valence-corrected chi connectivity index (χ4v) is 1.48. The normalized spacial score (nSPS) is 10.6. The van der Waals surface area contributed by atoms with Crippen LogP contribution in [-0.2, 0) is 11.3 Å². The molecule has 0 aliphatic heterocycles. The molecule has 4 heteroatoms. The average molecular weight is 225 g/mol. The van der Waals surface area contributed by atoms with E-state index in [0.717, 1.165) is 45.1 Å². The van der Waals surface area contributed by atoms with Gasteiger partial charge in [0.2, 0.25) is 5.95 Å². The van der Waals surface area contributed by atoms with Crippen LogP contribution in [0, 0.1) is 0 Å². The maximum Gasteiger partial charge on any atom is 0.202 e. The lowest BCUT2D eigenvalue weighted by Crippen LogP contribution is -2.13. The average Bonchev–Trinajstić information content (AvgIpc) is 2.72. The Kier molecular flexibility index (Phi) is 6.65. The molecule has 92 valence electrons. The molecular weight excluding hydrogens is 202 g/mol. The Morgan fingerprint density at radius 2 is 2.19 bits per heavy atom. The van der Waals surface area contributed by atoms with E-state index in [9.17, 15) is 0 Å². The Morgan fingerprint density at radius 1 is 1.31 bits per heavy atom. The quantitative estimate of drug-likeness (QED) is 0.656. The van der Waals surface area contributed by atoms with Gasteiger partial charge >= 0.3 is 0 Å². The van der Waals surface area contributed by atoms with Gasteiger partial charge in [0, 0.05) is 32.1 Å². The number of ether oxygens (including phenoxy) is 1. The molecule has 0 bridgehead atoms. The first kappa shape index (κ1) is 13.0. The van der Waals surface area contributed by atoms with Gasteiger partial charge in [-0.3, -0.25) is 0 Å². The molecule has 0 saturated heterocycles. The second kappa shape index (κ2) is 8.16. The fourth-order valence-electron chi connectivity index (χ4n) is 1.48. The van der Waals surface area contributed by atoms with Crippen LogP contribution in [0.1, 0.15) is 33.1 Å². The number of nitrogens with zero attached hydrogens (tertiary/aromatic N) is 2. The highest BCUT2D eigenvalue weighted by Crippen LogP contribution is 2.04. The molecule has 0 unspecified atom stereocenters. The van der Waals surface area contributed by atoms with Gasteiger partial charge in [-0.2, -0.15) is 0 Å². The lowest BCUT2D eigenvalue weighted by atomic mass is 10.4. The smallest absolute Gasteiger partial charge is 0.202 e. The summed E-state index contributed by atoms with van der Waals surface area (Å²) in [5, 5.41) is 3.28. The van der Waals surface area contributed by atoms with Gasteiger partial charge in [0.05, 0.1) is 6.61 Å². The van der Waals surface area contributed by atoms with E-state index < -0.39 is 0 Å². The number of hydrogen-bond donors (Lipinski definition) is 1. The first-order valence-electron chi connectivity index (χ1n) is 6.21. The zero-order valence-corrected chi connectivity index (χ0v) is 10.4. The summed E-state index contributed by atoms with van der Waals surface area (Å²) in [5.74, 6) is 0.945. The highest BCUT2D eigenvalue weighted by molar-refractivity contribution is 5.25. The maximum atomic E-state index is 5.47. The summed E-state index contributed by atoms with van der Waals surface area (Å²) in [6.45, 7) is 7.78. The minimum Gasteiger partial charge on any atom is -0.380 e. The molecule has 0 aromatic carbocycles. The van der Waals surface area contributed by atoms with Gasteiger partial charge in [-0.1, -0.05) is 20.3 Å².